The third kappa shape index (κ3) is 2.55. The van der Waals surface area contributed by atoms with Crippen LogP contribution in [0.1, 0.15) is 37.4 Å². The van der Waals surface area contributed by atoms with Gasteiger partial charge in [0.2, 0.25) is 0 Å². The Morgan fingerprint density at radius 3 is 2.60 bits per heavy atom. The molecule has 1 unspecified atom stereocenters. The minimum atomic E-state index is -0.332. The van der Waals surface area contributed by atoms with Crippen molar-refractivity contribution in [1.29, 1.82) is 0 Å². The van der Waals surface area contributed by atoms with Gasteiger partial charge in [-0.2, -0.15) is 0 Å². The summed E-state index contributed by atoms with van der Waals surface area (Å²) in [6, 6.07) is 5.67. The number of hydrogen-bond donors (Lipinski definition) is 1. The van der Waals surface area contributed by atoms with E-state index in [2.05, 4.69) is 15.9 Å². The normalized spacial score (nSPS) is 19.4. The Balaban J connectivity index is 2.17. The van der Waals surface area contributed by atoms with E-state index in [1.807, 2.05) is 18.2 Å². The maximum absolute atomic E-state index is 10.2. The highest BCUT2D eigenvalue weighted by molar-refractivity contribution is 9.10. The summed E-state index contributed by atoms with van der Waals surface area (Å²) in [6.07, 6.45) is 4.44. The largest absolute Gasteiger partial charge is 0.388 e. The smallest absolute Gasteiger partial charge is 0.0818 e. The molecule has 0 spiro atoms. The third-order valence-corrected chi connectivity index (χ3v) is 4.35. The van der Waals surface area contributed by atoms with Gasteiger partial charge in [0.25, 0.3) is 0 Å². The molecule has 0 bridgehead atoms. The van der Waals surface area contributed by atoms with Crippen molar-refractivity contribution in [3.8, 4) is 0 Å². The molecule has 82 valence electrons. The summed E-state index contributed by atoms with van der Waals surface area (Å²) in [7, 11) is 0. The molecule has 0 heterocycles. The molecular formula is C12H14BrClO. The lowest BCUT2D eigenvalue weighted by atomic mass is 9.95. The molecule has 0 saturated heterocycles. The van der Waals surface area contributed by atoms with Crippen molar-refractivity contribution in [3.63, 3.8) is 0 Å². The first-order chi connectivity index (χ1) is 7.18. The minimum Gasteiger partial charge on any atom is -0.388 e. The zero-order valence-electron chi connectivity index (χ0n) is 8.42. The van der Waals surface area contributed by atoms with Crippen molar-refractivity contribution < 1.29 is 5.11 Å². The van der Waals surface area contributed by atoms with Crippen molar-refractivity contribution in [2.24, 2.45) is 5.92 Å². The van der Waals surface area contributed by atoms with E-state index in [1.165, 1.54) is 12.8 Å². The van der Waals surface area contributed by atoms with Gasteiger partial charge in [0.1, 0.15) is 0 Å². The number of hydrogen-bond acceptors (Lipinski definition) is 1. The van der Waals surface area contributed by atoms with Gasteiger partial charge in [-0.15, -0.1) is 0 Å². The van der Waals surface area contributed by atoms with E-state index in [1.54, 1.807) is 0 Å². The maximum Gasteiger partial charge on any atom is 0.0818 e. The van der Waals surface area contributed by atoms with Crippen LogP contribution in [-0.4, -0.2) is 5.11 Å². The van der Waals surface area contributed by atoms with Crippen LogP contribution in [0.4, 0.5) is 0 Å². The molecule has 1 aromatic rings. The Labute approximate surface area is 104 Å². The van der Waals surface area contributed by atoms with Crippen LogP contribution in [0.2, 0.25) is 5.02 Å². The van der Waals surface area contributed by atoms with Crippen molar-refractivity contribution in [2.45, 2.75) is 31.8 Å². The first-order valence-electron chi connectivity index (χ1n) is 5.31. The minimum absolute atomic E-state index is 0.332. The zero-order valence-corrected chi connectivity index (χ0v) is 10.8. The average molecular weight is 290 g/mol. The van der Waals surface area contributed by atoms with E-state index < -0.39 is 0 Å². The number of halogens is 2. The van der Waals surface area contributed by atoms with E-state index in [0.29, 0.717) is 10.9 Å². The maximum atomic E-state index is 10.2. The van der Waals surface area contributed by atoms with Gasteiger partial charge in [0, 0.05) is 4.47 Å². The summed E-state index contributed by atoms with van der Waals surface area (Å²) in [4.78, 5) is 0. The topological polar surface area (TPSA) is 20.2 Å². The highest BCUT2D eigenvalue weighted by Gasteiger charge is 2.24. The highest BCUT2D eigenvalue weighted by atomic mass is 79.9. The van der Waals surface area contributed by atoms with Gasteiger partial charge in [0.05, 0.1) is 11.1 Å². The van der Waals surface area contributed by atoms with E-state index >= 15 is 0 Å². The molecule has 0 radical (unpaired) electrons. The van der Waals surface area contributed by atoms with Gasteiger partial charge in [0.15, 0.2) is 0 Å². The predicted octanol–water partition coefficient (Wildman–Crippen LogP) is 4.33. The molecule has 2 rings (SSSR count). The molecule has 1 fully saturated rings. The quantitative estimate of drug-likeness (QED) is 0.859. The number of aliphatic hydroxyl groups is 1. The summed E-state index contributed by atoms with van der Waals surface area (Å²) in [5.41, 5.74) is 0.971. The highest BCUT2D eigenvalue weighted by Crippen LogP contribution is 2.37. The standard InChI is InChI=1S/C12H14BrClO/c13-10-7-9(5-6-11(10)14)12(15)8-3-1-2-4-8/h5-8,12,15H,1-4H2. The molecule has 1 aliphatic rings. The van der Waals surface area contributed by atoms with E-state index in [-0.39, 0.29) is 6.10 Å². The zero-order chi connectivity index (χ0) is 10.8. The van der Waals surface area contributed by atoms with Crippen LogP contribution in [0.3, 0.4) is 0 Å². The Morgan fingerprint density at radius 2 is 2.00 bits per heavy atom. The molecule has 1 N–H and O–H groups in total. The Bertz CT molecular complexity index is 347. The number of benzene rings is 1. The van der Waals surface area contributed by atoms with Crippen molar-refractivity contribution >= 4 is 27.5 Å². The molecule has 3 heteroatoms. The molecule has 0 amide bonds. The van der Waals surface area contributed by atoms with Crippen LogP contribution in [0.15, 0.2) is 22.7 Å². The van der Waals surface area contributed by atoms with Crippen molar-refractivity contribution in [1.82, 2.24) is 0 Å². The molecule has 0 aromatic heterocycles. The van der Waals surface area contributed by atoms with Gasteiger partial charge < -0.3 is 5.11 Å². The summed E-state index contributed by atoms with van der Waals surface area (Å²) in [5.74, 6) is 0.429. The van der Waals surface area contributed by atoms with E-state index in [9.17, 15) is 5.11 Å². The Morgan fingerprint density at radius 1 is 1.33 bits per heavy atom. The van der Waals surface area contributed by atoms with Crippen LogP contribution in [0, 0.1) is 5.92 Å². The van der Waals surface area contributed by atoms with Gasteiger partial charge in [-0.3, -0.25) is 0 Å². The van der Waals surface area contributed by atoms with E-state index in [0.717, 1.165) is 22.9 Å². The second-order valence-electron chi connectivity index (χ2n) is 4.16. The second-order valence-corrected chi connectivity index (χ2v) is 5.42. The fourth-order valence-electron chi connectivity index (χ4n) is 2.24. The molecule has 1 aromatic carbocycles. The molecule has 1 nitrogen and oxygen atoms in total. The second kappa shape index (κ2) is 4.86. The fourth-order valence-corrected chi connectivity index (χ4v) is 2.76. The monoisotopic (exact) mass is 288 g/mol. The van der Waals surface area contributed by atoms with Gasteiger partial charge in [-0.05, 0) is 52.4 Å². The van der Waals surface area contributed by atoms with Crippen LogP contribution in [-0.2, 0) is 0 Å². The SMILES string of the molecule is OC(c1ccc(Cl)c(Br)c1)C1CCCC1. The summed E-state index contributed by atoms with van der Waals surface area (Å²) < 4.78 is 0.860. The predicted molar refractivity (Wildman–Crippen MR) is 66.1 cm³/mol. The van der Waals surface area contributed by atoms with Crippen LogP contribution >= 0.6 is 27.5 Å². The Kier molecular flexibility index (Phi) is 3.70. The van der Waals surface area contributed by atoms with E-state index in [4.69, 9.17) is 11.6 Å². The summed E-state index contributed by atoms with van der Waals surface area (Å²) >= 11 is 9.30. The summed E-state index contributed by atoms with van der Waals surface area (Å²) in [5, 5.41) is 10.9. The Hall–Kier alpha value is -0.0500. The van der Waals surface area contributed by atoms with Crippen molar-refractivity contribution in [2.75, 3.05) is 0 Å². The number of rotatable bonds is 2. The average Bonchev–Trinajstić information content (AvgIpc) is 2.74. The van der Waals surface area contributed by atoms with Gasteiger partial charge in [-0.1, -0.05) is 30.5 Å². The van der Waals surface area contributed by atoms with Gasteiger partial charge in [-0.25, -0.2) is 0 Å². The van der Waals surface area contributed by atoms with Crippen LogP contribution < -0.4 is 0 Å². The first kappa shape index (κ1) is 11.4. The molecule has 1 aliphatic carbocycles. The first-order valence-corrected chi connectivity index (χ1v) is 6.48. The molecular weight excluding hydrogens is 275 g/mol. The van der Waals surface area contributed by atoms with Gasteiger partial charge >= 0.3 is 0 Å². The fraction of sp³-hybridized carbons (Fsp3) is 0.500. The molecule has 1 atom stereocenters. The van der Waals surface area contributed by atoms with Crippen molar-refractivity contribution in [3.05, 3.63) is 33.3 Å². The lowest BCUT2D eigenvalue weighted by molar-refractivity contribution is 0.111. The molecule has 15 heavy (non-hydrogen) atoms. The molecule has 0 aliphatic heterocycles. The summed E-state index contributed by atoms with van der Waals surface area (Å²) in [6.45, 7) is 0. The number of aliphatic hydroxyl groups excluding tert-OH is 1. The van der Waals surface area contributed by atoms with Crippen LogP contribution in [0.5, 0.6) is 0 Å². The van der Waals surface area contributed by atoms with Crippen LogP contribution in [0.25, 0.3) is 0 Å². The molecule has 1 saturated carbocycles. The lowest BCUT2D eigenvalue weighted by Gasteiger charge is -2.18. The lowest BCUT2D eigenvalue weighted by Crippen LogP contribution is -2.08. The third-order valence-electron chi connectivity index (χ3n) is 3.13.